The highest BCUT2D eigenvalue weighted by Gasteiger charge is 2.26. The molecule has 4 heteroatoms. The Hall–Kier alpha value is -8.34. The molecule has 3 heterocycles. The molecule has 9 aromatic carbocycles. The molecule has 0 aliphatic rings. The second-order valence-electron chi connectivity index (χ2n) is 15.8. The summed E-state index contributed by atoms with van der Waals surface area (Å²) >= 11 is 0. The number of para-hydroxylation sites is 4. The molecule has 0 N–H and O–H groups in total. The third-order valence-corrected chi connectivity index (χ3v) is 12.2. The molecule has 12 aromatic rings. The molecule has 0 aliphatic carbocycles. The second-order valence-corrected chi connectivity index (χ2v) is 15.8. The fourth-order valence-corrected chi connectivity index (χ4v) is 9.33. The van der Waals surface area contributed by atoms with Crippen LogP contribution < -0.4 is 4.57 Å². The summed E-state index contributed by atoms with van der Waals surface area (Å²) in [5, 5.41) is 4.92. The molecule has 3 aromatic heterocycles. The van der Waals surface area contributed by atoms with E-state index in [9.17, 15) is 0 Å². The lowest BCUT2D eigenvalue weighted by Crippen LogP contribution is -2.35. The predicted octanol–water partition coefficient (Wildman–Crippen LogP) is 14.2. The molecule has 0 amide bonds. The number of fused-ring (bicyclic) bond motifs is 6. The summed E-state index contributed by atoms with van der Waals surface area (Å²) in [6, 6.07) is 82.4. The predicted molar refractivity (Wildman–Crippen MR) is 256 cm³/mol. The summed E-state index contributed by atoms with van der Waals surface area (Å²) in [7, 11) is 0. The van der Waals surface area contributed by atoms with Crippen LogP contribution in [0.1, 0.15) is 0 Å². The van der Waals surface area contributed by atoms with Gasteiger partial charge in [-0.3, -0.25) is 0 Å². The van der Waals surface area contributed by atoms with E-state index in [1.165, 1.54) is 43.7 Å². The number of rotatable bonds is 7. The minimum absolute atomic E-state index is 0.864. The number of nitrogens with zero attached hydrogens (tertiary/aromatic N) is 4. The highest BCUT2D eigenvalue weighted by molar-refractivity contribution is 6.12. The van der Waals surface area contributed by atoms with Gasteiger partial charge in [0, 0.05) is 38.5 Å². The summed E-state index contributed by atoms with van der Waals surface area (Å²) in [5.74, 6) is 0.864. The molecule has 0 aliphatic heterocycles. The maximum Gasteiger partial charge on any atom is 0.336 e. The Morgan fingerprint density at radius 3 is 1.40 bits per heavy atom. The third kappa shape index (κ3) is 5.92. The quantitative estimate of drug-likeness (QED) is 0.148. The smallest absolute Gasteiger partial charge is 0.309 e. The van der Waals surface area contributed by atoms with E-state index >= 15 is 0 Å². The van der Waals surface area contributed by atoms with Crippen molar-refractivity contribution in [2.45, 2.75) is 0 Å². The van der Waals surface area contributed by atoms with Crippen molar-refractivity contribution < 1.29 is 4.57 Å². The first-order valence-electron chi connectivity index (χ1n) is 21.1. The van der Waals surface area contributed by atoms with Gasteiger partial charge in [-0.1, -0.05) is 152 Å². The molecular formula is C58H39N4+. The molecule has 0 bridgehead atoms. The zero-order chi connectivity index (χ0) is 41.0. The second kappa shape index (κ2) is 14.7. The van der Waals surface area contributed by atoms with Gasteiger partial charge < -0.3 is 9.13 Å². The first-order chi connectivity index (χ1) is 30.8. The molecule has 0 spiro atoms. The van der Waals surface area contributed by atoms with Crippen molar-refractivity contribution >= 4 is 43.6 Å². The molecule has 4 nitrogen and oxygen atoms in total. The van der Waals surface area contributed by atoms with Crippen molar-refractivity contribution in [2.75, 3.05) is 0 Å². The highest BCUT2D eigenvalue weighted by atomic mass is 15.1. The van der Waals surface area contributed by atoms with Crippen LogP contribution in [0, 0.1) is 0 Å². The van der Waals surface area contributed by atoms with Gasteiger partial charge in [-0.05, 0) is 101 Å². The first kappa shape index (κ1) is 35.6. The van der Waals surface area contributed by atoms with Crippen molar-refractivity contribution in [2.24, 2.45) is 0 Å². The van der Waals surface area contributed by atoms with E-state index in [0.29, 0.717) is 0 Å². The van der Waals surface area contributed by atoms with E-state index in [2.05, 4.69) is 250 Å². The van der Waals surface area contributed by atoms with Crippen LogP contribution in [0.2, 0.25) is 0 Å². The van der Waals surface area contributed by atoms with Crippen LogP contribution in [-0.4, -0.2) is 14.1 Å². The molecule has 12 rings (SSSR count). The van der Waals surface area contributed by atoms with Crippen LogP contribution in [0.5, 0.6) is 0 Å². The average Bonchev–Trinajstić information content (AvgIpc) is 3.87. The van der Waals surface area contributed by atoms with Gasteiger partial charge in [0.1, 0.15) is 11.9 Å². The van der Waals surface area contributed by atoms with Crippen molar-refractivity contribution in [3.63, 3.8) is 0 Å². The van der Waals surface area contributed by atoms with Crippen LogP contribution in [-0.2, 0) is 0 Å². The maximum atomic E-state index is 5.57. The van der Waals surface area contributed by atoms with Crippen LogP contribution in [0.15, 0.2) is 237 Å². The Kier molecular flexibility index (Phi) is 8.46. The molecule has 290 valence electrons. The molecule has 0 saturated carbocycles. The van der Waals surface area contributed by atoms with Crippen molar-refractivity contribution in [1.82, 2.24) is 14.1 Å². The van der Waals surface area contributed by atoms with Gasteiger partial charge in [-0.2, -0.15) is 4.57 Å². The SMILES string of the molecule is c1ccc(-c2c[n+](-c3ccccc3)c(-c3cccc(-n4c5ccccc5c5cc(-c6ccc7c(c6)c6ccccc6n7-c6ccccc6)ccc54)c3)nc2-c2ccccc2)cc1. The Bertz CT molecular complexity index is 3610. The van der Waals surface area contributed by atoms with E-state index in [4.69, 9.17) is 4.98 Å². The van der Waals surface area contributed by atoms with E-state index in [0.717, 1.165) is 61.9 Å². The summed E-state index contributed by atoms with van der Waals surface area (Å²) in [6.45, 7) is 0. The van der Waals surface area contributed by atoms with Gasteiger partial charge >= 0.3 is 5.82 Å². The fourth-order valence-electron chi connectivity index (χ4n) is 9.33. The third-order valence-electron chi connectivity index (χ3n) is 12.2. The van der Waals surface area contributed by atoms with Crippen LogP contribution >= 0.6 is 0 Å². The Labute approximate surface area is 359 Å². The lowest BCUT2D eigenvalue weighted by molar-refractivity contribution is -0.586. The Morgan fingerprint density at radius 2 is 0.790 bits per heavy atom. The average molecular weight is 792 g/mol. The van der Waals surface area contributed by atoms with Crippen molar-refractivity contribution in [3.05, 3.63) is 237 Å². The summed E-state index contributed by atoms with van der Waals surface area (Å²) in [6.07, 6.45) is 2.25. The summed E-state index contributed by atoms with van der Waals surface area (Å²) < 4.78 is 7.01. The van der Waals surface area contributed by atoms with E-state index < -0.39 is 0 Å². The highest BCUT2D eigenvalue weighted by Crippen LogP contribution is 2.39. The van der Waals surface area contributed by atoms with E-state index in [1.54, 1.807) is 0 Å². The minimum Gasteiger partial charge on any atom is -0.309 e. The Balaban J connectivity index is 1.02. The van der Waals surface area contributed by atoms with Gasteiger partial charge in [0.15, 0.2) is 5.69 Å². The molecule has 62 heavy (non-hydrogen) atoms. The van der Waals surface area contributed by atoms with Crippen molar-refractivity contribution in [1.29, 1.82) is 0 Å². The first-order valence-corrected chi connectivity index (χ1v) is 21.1. The lowest BCUT2D eigenvalue weighted by atomic mass is 10.00. The van der Waals surface area contributed by atoms with Gasteiger partial charge in [-0.15, -0.1) is 0 Å². The number of benzene rings is 9. The Morgan fingerprint density at radius 1 is 0.323 bits per heavy atom. The van der Waals surface area contributed by atoms with Gasteiger partial charge in [0.05, 0.1) is 33.2 Å². The van der Waals surface area contributed by atoms with Crippen LogP contribution in [0.4, 0.5) is 0 Å². The van der Waals surface area contributed by atoms with Crippen molar-refractivity contribution in [3.8, 4) is 62.0 Å². The number of hydrogen-bond acceptors (Lipinski definition) is 1. The van der Waals surface area contributed by atoms with Crippen LogP contribution in [0.3, 0.4) is 0 Å². The van der Waals surface area contributed by atoms with E-state index in [1.807, 2.05) is 0 Å². The molecular weight excluding hydrogens is 753 g/mol. The molecule has 0 radical (unpaired) electrons. The van der Waals surface area contributed by atoms with Gasteiger partial charge in [0.25, 0.3) is 0 Å². The summed E-state index contributed by atoms with van der Waals surface area (Å²) in [4.78, 5) is 5.57. The molecule has 0 unspecified atom stereocenters. The molecule has 0 fully saturated rings. The molecule has 0 saturated heterocycles. The maximum absolute atomic E-state index is 5.57. The number of aromatic nitrogens is 4. The zero-order valence-corrected chi connectivity index (χ0v) is 33.8. The standard InChI is InChI=1S/C58H39N4/c1-5-18-40(19-6-1)52-39-60(45-23-9-3-10-24-45)58(59-57(52)41-20-7-2-8-21-41)44-22-17-27-47(36-44)62-54-31-16-14-29-49(54)51-38-43(33-35-56(51)62)42-32-34-55-50(37-42)48-28-13-15-30-53(48)61(55)46-25-11-4-12-26-46/h1-39H/q+1. The topological polar surface area (TPSA) is 26.6 Å². The monoisotopic (exact) mass is 791 g/mol. The minimum atomic E-state index is 0.864. The number of hydrogen-bond donors (Lipinski definition) is 0. The molecule has 0 atom stereocenters. The fraction of sp³-hybridized carbons (Fsp3) is 0. The van der Waals surface area contributed by atoms with E-state index in [-0.39, 0.29) is 0 Å². The van der Waals surface area contributed by atoms with Gasteiger partial charge in [0.2, 0.25) is 0 Å². The van der Waals surface area contributed by atoms with Crippen LogP contribution in [0.25, 0.3) is 106 Å². The zero-order valence-electron chi connectivity index (χ0n) is 33.8. The summed E-state index contributed by atoms with van der Waals surface area (Å²) in [5.41, 5.74) is 15.6. The largest absolute Gasteiger partial charge is 0.336 e. The lowest BCUT2D eigenvalue weighted by Gasteiger charge is -2.13. The van der Waals surface area contributed by atoms with Gasteiger partial charge in [-0.25, -0.2) is 0 Å². The normalized spacial score (nSPS) is 11.5.